The van der Waals surface area contributed by atoms with Gasteiger partial charge in [-0.15, -0.1) is 0 Å². The van der Waals surface area contributed by atoms with E-state index in [1.165, 1.54) is 11.1 Å². The number of ether oxygens (including phenoxy) is 2. The van der Waals surface area contributed by atoms with Gasteiger partial charge >= 0.3 is 5.97 Å². The number of fused-ring (bicyclic) bond motifs is 1. The van der Waals surface area contributed by atoms with Gasteiger partial charge in [0.1, 0.15) is 17.6 Å². The molecule has 0 radical (unpaired) electrons. The molecule has 0 aromatic heterocycles. The van der Waals surface area contributed by atoms with Crippen LogP contribution in [0, 0.1) is 37.5 Å². The minimum Gasteiger partial charge on any atom is -0.461 e. The van der Waals surface area contributed by atoms with E-state index in [9.17, 15) is 9.59 Å². The Labute approximate surface area is 177 Å². The van der Waals surface area contributed by atoms with Crippen LogP contribution in [0.4, 0.5) is 5.69 Å². The molecule has 29 heavy (non-hydrogen) atoms. The third-order valence-electron chi connectivity index (χ3n) is 6.66. The molecule has 2 aromatic carbocycles. The van der Waals surface area contributed by atoms with Gasteiger partial charge in [0.15, 0.2) is 0 Å². The quantitative estimate of drug-likeness (QED) is 0.540. The standard InChI is InChI=1S/C23H22BrNO4/c1-11-3-6-15(9-12(11)2)28-14-7-4-13(5-8-14)25-22(26)18-16-10-17-19(18)23(27)29-21(17)20(16)24/h3-9,16-21H,10H2,1-2H3,(H,25,26)/t16-,17-,18-,19+,20-,21+/m1/s1. The zero-order chi connectivity index (χ0) is 20.3. The number of benzene rings is 2. The zero-order valence-electron chi connectivity index (χ0n) is 16.2. The maximum atomic E-state index is 13.0. The van der Waals surface area contributed by atoms with E-state index >= 15 is 0 Å². The molecule has 3 aliphatic rings. The van der Waals surface area contributed by atoms with Gasteiger partial charge < -0.3 is 14.8 Å². The first-order valence-electron chi connectivity index (χ1n) is 9.93. The molecule has 150 valence electrons. The number of halogens is 1. The molecule has 1 aliphatic heterocycles. The first-order valence-corrected chi connectivity index (χ1v) is 10.8. The number of rotatable bonds is 4. The van der Waals surface area contributed by atoms with Gasteiger partial charge in [-0.2, -0.15) is 0 Å². The van der Waals surface area contributed by atoms with Gasteiger partial charge in [0.2, 0.25) is 5.91 Å². The number of esters is 1. The van der Waals surface area contributed by atoms with Crippen molar-refractivity contribution in [2.45, 2.75) is 31.2 Å². The summed E-state index contributed by atoms with van der Waals surface area (Å²) in [6.45, 7) is 4.12. The number of hydrogen-bond acceptors (Lipinski definition) is 4. The predicted molar refractivity (Wildman–Crippen MR) is 112 cm³/mol. The zero-order valence-corrected chi connectivity index (χ0v) is 17.8. The van der Waals surface area contributed by atoms with Gasteiger partial charge in [-0.05, 0) is 73.7 Å². The second kappa shape index (κ2) is 6.87. The molecule has 2 bridgehead atoms. The number of carbonyl (C=O) groups is 2. The van der Waals surface area contributed by atoms with Crippen molar-refractivity contribution in [3.8, 4) is 11.5 Å². The highest BCUT2D eigenvalue weighted by atomic mass is 79.9. The van der Waals surface area contributed by atoms with Gasteiger partial charge in [0.05, 0.1) is 16.7 Å². The van der Waals surface area contributed by atoms with E-state index in [-0.39, 0.29) is 46.5 Å². The number of aryl methyl sites for hydroxylation is 2. The van der Waals surface area contributed by atoms with Crippen molar-refractivity contribution in [1.29, 1.82) is 0 Å². The van der Waals surface area contributed by atoms with E-state index < -0.39 is 0 Å². The lowest BCUT2D eigenvalue weighted by molar-refractivity contribution is -0.145. The number of nitrogens with one attached hydrogen (secondary N) is 1. The largest absolute Gasteiger partial charge is 0.461 e. The van der Waals surface area contributed by atoms with E-state index in [1.54, 1.807) is 0 Å². The van der Waals surface area contributed by atoms with Crippen molar-refractivity contribution >= 4 is 33.5 Å². The summed E-state index contributed by atoms with van der Waals surface area (Å²) in [7, 11) is 0. The maximum Gasteiger partial charge on any atom is 0.310 e. The van der Waals surface area contributed by atoms with E-state index in [2.05, 4.69) is 35.1 Å². The fourth-order valence-corrected chi connectivity index (χ4v) is 6.12. The molecule has 2 saturated carbocycles. The summed E-state index contributed by atoms with van der Waals surface area (Å²) in [6, 6.07) is 13.3. The Morgan fingerprint density at radius 2 is 1.79 bits per heavy atom. The lowest BCUT2D eigenvalue weighted by Gasteiger charge is -2.27. The molecule has 6 heteroatoms. The Morgan fingerprint density at radius 1 is 1.07 bits per heavy atom. The van der Waals surface area contributed by atoms with Gasteiger partial charge in [0.25, 0.3) is 0 Å². The Bertz CT molecular complexity index is 989. The number of amides is 1. The summed E-state index contributed by atoms with van der Waals surface area (Å²) < 4.78 is 11.4. The van der Waals surface area contributed by atoms with Crippen LogP contribution in [-0.4, -0.2) is 22.8 Å². The first kappa shape index (κ1) is 18.7. The van der Waals surface area contributed by atoms with E-state index in [0.29, 0.717) is 11.4 Å². The van der Waals surface area contributed by atoms with E-state index in [4.69, 9.17) is 9.47 Å². The summed E-state index contributed by atoms with van der Waals surface area (Å²) in [5.41, 5.74) is 3.09. The van der Waals surface area contributed by atoms with Crippen LogP contribution in [0.2, 0.25) is 0 Å². The molecule has 1 amide bonds. The van der Waals surface area contributed by atoms with Gasteiger partial charge in [0, 0.05) is 11.6 Å². The number of anilines is 1. The average Bonchev–Trinajstić information content (AvgIpc) is 3.30. The Kier molecular flexibility index (Phi) is 4.42. The molecule has 2 aliphatic carbocycles. The molecule has 0 unspecified atom stereocenters. The molecular formula is C23H22BrNO4. The average molecular weight is 456 g/mol. The van der Waals surface area contributed by atoms with Gasteiger partial charge in [-0.1, -0.05) is 22.0 Å². The molecule has 5 nitrogen and oxygen atoms in total. The van der Waals surface area contributed by atoms with Crippen molar-refractivity contribution in [3.63, 3.8) is 0 Å². The van der Waals surface area contributed by atoms with Crippen LogP contribution >= 0.6 is 15.9 Å². The highest BCUT2D eigenvalue weighted by molar-refractivity contribution is 9.09. The van der Waals surface area contributed by atoms with Crippen LogP contribution in [0.5, 0.6) is 11.5 Å². The topological polar surface area (TPSA) is 64.6 Å². The van der Waals surface area contributed by atoms with E-state index in [0.717, 1.165) is 12.2 Å². The molecule has 6 atom stereocenters. The Morgan fingerprint density at radius 3 is 2.52 bits per heavy atom. The van der Waals surface area contributed by atoms with Crippen molar-refractivity contribution in [2.24, 2.45) is 23.7 Å². The van der Waals surface area contributed by atoms with Crippen molar-refractivity contribution in [2.75, 3.05) is 5.32 Å². The molecule has 1 saturated heterocycles. The minimum atomic E-state index is -0.331. The second-order valence-electron chi connectivity index (χ2n) is 8.32. The molecule has 1 N–H and O–H groups in total. The smallest absolute Gasteiger partial charge is 0.310 e. The van der Waals surface area contributed by atoms with Crippen molar-refractivity contribution in [1.82, 2.24) is 0 Å². The van der Waals surface area contributed by atoms with Crippen LogP contribution in [0.25, 0.3) is 0 Å². The van der Waals surface area contributed by atoms with Crippen molar-refractivity contribution < 1.29 is 19.1 Å². The Balaban J connectivity index is 1.27. The first-order chi connectivity index (χ1) is 13.9. The van der Waals surface area contributed by atoms with Gasteiger partial charge in [-0.3, -0.25) is 9.59 Å². The monoisotopic (exact) mass is 455 g/mol. The molecule has 1 heterocycles. The highest BCUT2D eigenvalue weighted by Gasteiger charge is 2.67. The summed E-state index contributed by atoms with van der Waals surface area (Å²) in [5.74, 6) is 0.843. The van der Waals surface area contributed by atoms with Crippen LogP contribution < -0.4 is 10.1 Å². The lowest BCUT2D eigenvalue weighted by Crippen LogP contribution is -2.40. The molecular weight excluding hydrogens is 434 g/mol. The SMILES string of the molecule is Cc1ccc(Oc2ccc(NC(=O)[C@@H]3[C@H]4C[C@H]5[C@H](OC(=O)[C@@H]53)[C@@H]4Br)cc2)cc1C. The predicted octanol–water partition coefficient (Wildman–Crippen LogP) is 4.61. The fourth-order valence-electron chi connectivity index (χ4n) is 5.08. The van der Waals surface area contributed by atoms with E-state index in [1.807, 2.05) is 42.5 Å². The van der Waals surface area contributed by atoms with Crippen molar-refractivity contribution in [3.05, 3.63) is 53.6 Å². The third kappa shape index (κ3) is 3.05. The van der Waals surface area contributed by atoms with Gasteiger partial charge in [-0.25, -0.2) is 0 Å². The second-order valence-corrected chi connectivity index (χ2v) is 9.38. The number of hydrogen-bond donors (Lipinski definition) is 1. The van der Waals surface area contributed by atoms with Crippen LogP contribution in [0.3, 0.4) is 0 Å². The summed E-state index contributed by atoms with van der Waals surface area (Å²) in [4.78, 5) is 25.3. The molecule has 5 rings (SSSR count). The Hall–Kier alpha value is -2.34. The molecule has 2 aromatic rings. The highest BCUT2D eigenvalue weighted by Crippen LogP contribution is 2.60. The summed E-state index contributed by atoms with van der Waals surface area (Å²) in [6.07, 6.45) is 0.807. The maximum absolute atomic E-state index is 13.0. The number of alkyl halides is 1. The van der Waals surface area contributed by atoms with Crippen LogP contribution in [0.15, 0.2) is 42.5 Å². The van der Waals surface area contributed by atoms with Crippen LogP contribution in [0.1, 0.15) is 17.5 Å². The summed E-state index contributed by atoms with van der Waals surface area (Å²) >= 11 is 3.65. The van der Waals surface area contributed by atoms with Crippen LogP contribution in [-0.2, 0) is 14.3 Å². The normalized spacial score (nSPS) is 31.6. The molecule has 0 spiro atoms. The minimum absolute atomic E-state index is 0.0663. The third-order valence-corrected chi connectivity index (χ3v) is 7.86. The number of carbonyl (C=O) groups excluding carboxylic acids is 2. The fraction of sp³-hybridized carbons (Fsp3) is 0.391. The summed E-state index contributed by atoms with van der Waals surface area (Å²) in [5, 5.41) is 2.98. The molecule has 3 fully saturated rings. The lowest BCUT2D eigenvalue weighted by atomic mass is 9.79.